The molecule has 1 saturated heterocycles. The van der Waals surface area contributed by atoms with E-state index in [1.807, 2.05) is 0 Å². The molecule has 0 spiro atoms. The number of rotatable bonds is 5. The first-order chi connectivity index (χ1) is 8.79. The molecule has 0 saturated carbocycles. The van der Waals surface area contributed by atoms with Crippen molar-refractivity contribution in [2.24, 2.45) is 5.73 Å². The summed E-state index contributed by atoms with van der Waals surface area (Å²) in [5, 5.41) is 3.65. The van der Waals surface area contributed by atoms with Gasteiger partial charge in [-0.3, -0.25) is 0 Å². The van der Waals surface area contributed by atoms with Gasteiger partial charge in [-0.2, -0.15) is 0 Å². The Kier molecular flexibility index (Phi) is 4.61. The van der Waals surface area contributed by atoms with Crippen LogP contribution in [-0.4, -0.2) is 31.7 Å². The number of nitrogens with two attached hydrogens (primary N) is 1. The van der Waals surface area contributed by atoms with Gasteiger partial charge < -0.3 is 16.0 Å². The van der Waals surface area contributed by atoms with Crippen molar-refractivity contribution in [3.8, 4) is 0 Å². The van der Waals surface area contributed by atoms with Crippen molar-refractivity contribution in [1.82, 2.24) is 5.32 Å². The number of para-hydroxylation sites is 1. The number of nitrogens with one attached hydrogen (secondary N) is 1. The normalized spacial score (nSPS) is 18.9. The first-order valence-corrected chi connectivity index (χ1v) is 7.05. The zero-order chi connectivity index (χ0) is 12.8. The van der Waals surface area contributed by atoms with Crippen LogP contribution in [0.1, 0.15) is 26.2 Å². The van der Waals surface area contributed by atoms with Crippen LogP contribution in [0.5, 0.6) is 0 Å². The van der Waals surface area contributed by atoms with Gasteiger partial charge in [0.2, 0.25) is 0 Å². The van der Waals surface area contributed by atoms with Crippen LogP contribution < -0.4 is 16.0 Å². The van der Waals surface area contributed by atoms with Crippen LogP contribution in [0.15, 0.2) is 30.3 Å². The van der Waals surface area contributed by atoms with Crippen molar-refractivity contribution in [2.45, 2.75) is 31.7 Å². The van der Waals surface area contributed by atoms with E-state index in [-0.39, 0.29) is 5.54 Å². The van der Waals surface area contributed by atoms with Crippen molar-refractivity contribution in [3.05, 3.63) is 30.3 Å². The lowest BCUT2D eigenvalue weighted by atomic mass is 9.87. The van der Waals surface area contributed by atoms with Crippen LogP contribution in [0.4, 0.5) is 5.69 Å². The van der Waals surface area contributed by atoms with Crippen LogP contribution in [-0.2, 0) is 0 Å². The van der Waals surface area contributed by atoms with Gasteiger partial charge in [0.1, 0.15) is 0 Å². The molecule has 0 bridgehead atoms. The maximum absolute atomic E-state index is 5.98. The standard InChI is InChI=1S/C15H25N3/c1-2-10-17-15(13-16)8-11-18(12-9-15)14-6-4-3-5-7-14/h3-7,17H,2,8-13,16H2,1H3. The predicted octanol–water partition coefficient (Wildman–Crippen LogP) is 1.98. The van der Waals surface area contributed by atoms with Gasteiger partial charge in [0.15, 0.2) is 0 Å². The Morgan fingerprint density at radius 3 is 2.44 bits per heavy atom. The number of nitrogens with zero attached hydrogens (tertiary/aromatic N) is 1. The van der Waals surface area contributed by atoms with Crippen molar-refractivity contribution in [3.63, 3.8) is 0 Å². The van der Waals surface area contributed by atoms with Gasteiger partial charge in [0.05, 0.1) is 0 Å². The molecule has 1 aliphatic rings. The molecule has 0 atom stereocenters. The maximum Gasteiger partial charge on any atom is 0.0366 e. The Morgan fingerprint density at radius 1 is 1.22 bits per heavy atom. The molecule has 18 heavy (non-hydrogen) atoms. The Bertz CT molecular complexity index is 342. The summed E-state index contributed by atoms with van der Waals surface area (Å²) >= 11 is 0. The van der Waals surface area contributed by atoms with Gasteiger partial charge in [-0.25, -0.2) is 0 Å². The third kappa shape index (κ3) is 3.03. The van der Waals surface area contributed by atoms with E-state index in [1.165, 1.54) is 12.1 Å². The van der Waals surface area contributed by atoms with Crippen LogP contribution in [0.3, 0.4) is 0 Å². The topological polar surface area (TPSA) is 41.3 Å². The van der Waals surface area contributed by atoms with E-state index in [0.717, 1.165) is 39.0 Å². The Labute approximate surface area is 110 Å². The van der Waals surface area contributed by atoms with Crippen LogP contribution in [0.25, 0.3) is 0 Å². The molecule has 0 aromatic heterocycles. The molecule has 0 aliphatic carbocycles. The summed E-state index contributed by atoms with van der Waals surface area (Å²) in [5.74, 6) is 0. The highest BCUT2D eigenvalue weighted by Crippen LogP contribution is 2.25. The molecule has 100 valence electrons. The van der Waals surface area contributed by atoms with Gasteiger partial charge >= 0.3 is 0 Å². The van der Waals surface area contributed by atoms with Gasteiger partial charge in [-0.1, -0.05) is 25.1 Å². The predicted molar refractivity (Wildman–Crippen MR) is 78.0 cm³/mol. The summed E-state index contributed by atoms with van der Waals surface area (Å²) in [5.41, 5.74) is 7.48. The van der Waals surface area contributed by atoms with E-state index >= 15 is 0 Å². The Morgan fingerprint density at radius 2 is 1.89 bits per heavy atom. The van der Waals surface area contributed by atoms with Crippen molar-refractivity contribution < 1.29 is 0 Å². The largest absolute Gasteiger partial charge is 0.371 e. The van der Waals surface area contributed by atoms with Crippen molar-refractivity contribution in [2.75, 3.05) is 31.1 Å². The minimum absolute atomic E-state index is 0.168. The van der Waals surface area contributed by atoms with Crippen molar-refractivity contribution in [1.29, 1.82) is 0 Å². The molecule has 2 rings (SSSR count). The fraction of sp³-hybridized carbons (Fsp3) is 0.600. The van der Waals surface area contributed by atoms with Crippen LogP contribution in [0.2, 0.25) is 0 Å². The zero-order valence-electron chi connectivity index (χ0n) is 11.4. The number of benzene rings is 1. The molecule has 1 aromatic carbocycles. The Hall–Kier alpha value is -1.06. The van der Waals surface area contributed by atoms with Crippen LogP contribution in [0, 0.1) is 0 Å². The molecule has 3 heteroatoms. The lowest BCUT2D eigenvalue weighted by Gasteiger charge is -2.43. The summed E-state index contributed by atoms with van der Waals surface area (Å²) < 4.78 is 0. The van der Waals surface area contributed by atoms with Gasteiger partial charge in [0, 0.05) is 30.9 Å². The monoisotopic (exact) mass is 247 g/mol. The van der Waals surface area contributed by atoms with E-state index in [4.69, 9.17) is 5.73 Å². The van der Waals surface area contributed by atoms with Crippen molar-refractivity contribution >= 4 is 5.69 Å². The molecule has 3 N–H and O–H groups in total. The van der Waals surface area contributed by atoms with E-state index in [2.05, 4.69) is 47.5 Å². The minimum atomic E-state index is 0.168. The highest BCUT2D eigenvalue weighted by Gasteiger charge is 2.32. The highest BCUT2D eigenvalue weighted by atomic mass is 15.2. The third-order valence-corrected chi connectivity index (χ3v) is 3.98. The summed E-state index contributed by atoms with van der Waals surface area (Å²) in [7, 11) is 0. The van der Waals surface area contributed by atoms with E-state index in [9.17, 15) is 0 Å². The molecule has 1 fully saturated rings. The average molecular weight is 247 g/mol. The quantitative estimate of drug-likeness (QED) is 0.836. The summed E-state index contributed by atoms with van der Waals surface area (Å²) in [6.07, 6.45) is 3.45. The van der Waals surface area contributed by atoms with Gasteiger partial charge in [-0.05, 0) is 37.9 Å². The van der Waals surface area contributed by atoms with E-state index in [1.54, 1.807) is 0 Å². The average Bonchev–Trinajstić information content (AvgIpc) is 2.47. The van der Waals surface area contributed by atoms with Crippen LogP contribution >= 0.6 is 0 Å². The second kappa shape index (κ2) is 6.21. The van der Waals surface area contributed by atoms with E-state index in [0.29, 0.717) is 0 Å². The van der Waals surface area contributed by atoms with E-state index < -0.39 is 0 Å². The maximum atomic E-state index is 5.98. The minimum Gasteiger partial charge on any atom is -0.371 e. The molecular formula is C15H25N3. The number of hydrogen-bond acceptors (Lipinski definition) is 3. The second-order valence-corrected chi connectivity index (χ2v) is 5.23. The molecule has 1 heterocycles. The lowest BCUT2D eigenvalue weighted by Crippen LogP contribution is -2.57. The first kappa shape index (κ1) is 13.4. The summed E-state index contributed by atoms with van der Waals surface area (Å²) in [6, 6.07) is 10.7. The molecule has 3 nitrogen and oxygen atoms in total. The fourth-order valence-corrected chi connectivity index (χ4v) is 2.67. The number of hydrogen-bond donors (Lipinski definition) is 2. The third-order valence-electron chi connectivity index (χ3n) is 3.98. The SMILES string of the molecule is CCCNC1(CN)CCN(c2ccccc2)CC1. The molecule has 1 aromatic rings. The lowest BCUT2D eigenvalue weighted by molar-refractivity contribution is 0.267. The molecular weight excluding hydrogens is 222 g/mol. The highest BCUT2D eigenvalue weighted by molar-refractivity contribution is 5.46. The van der Waals surface area contributed by atoms with Gasteiger partial charge in [0.25, 0.3) is 0 Å². The molecule has 0 unspecified atom stereocenters. The molecule has 1 aliphatic heterocycles. The smallest absolute Gasteiger partial charge is 0.0366 e. The number of piperidine rings is 1. The fourth-order valence-electron chi connectivity index (χ4n) is 2.67. The summed E-state index contributed by atoms with van der Waals surface area (Å²) in [6.45, 7) is 6.21. The number of anilines is 1. The zero-order valence-corrected chi connectivity index (χ0v) is 11.4. The second-order valence-electron chi connectivity index (χ2n) is 5.23. The Balaban J connectivity index is 1.94. The summed E-state index contributed by atoms with van der Waals surface area (Å²) in [4.78, 5) is 2.46. The molecule has 0 amide bonds. The first-order valence-electron chi connectivity index (χ1n) is 7.05. The van der Waals surface area contributed by atoms with Gasteiger partial charge in [-0.15, -0.1) is 0 Å². The molecule has 0 radical (unpaired) electrons.